The van der Waals surface area contributed by atoms with Crippen LogP contribution in [0.2, 0.25) is 0 Å². The Hall–Kier alpha value is -4.07. The summed E-state index contributed by atoms with van der Waals surface area (Å²) in [5.74, 6) is 0.514. The number of carbonyl (C=O) groups excluding carboxylic acids is 2. The fourth-order valence-corrected chi connectivity index (χ4v) is 4.19. The van der Waals surface area contributed by atoms with Crippen LogP contribution in [0.4, 0.5) is 0 Å². The topological polar surface area (TPSA) is 91.7 Å². The molecule has 1 aromatic heterocycles. The summed E-state index contributed by atoms with van der Waals surface area (Å²) in [7, 11) is 3.14. The zero-order chi connectivity index (χ0) is 25.1. The molecule has 0 radical (unpaired) electrons. The summed E-state index contributed by atoms with van der Waals surface area (Å²) in [5, 5.41) is 7.84. The molecule has 0 aliphatic carbocycles. The van der Waals surface area contributed by atoms with E-state index in [-0.39, 0.29) is 18.4 Å². The molecule has 0 bridgehead atoms. The van der Waals surface area contributed by atoms with E-state index in [0.29, 0.717) is 33.9 Å². The fourth-order valence-electron chi connectivity index (χ4n) is 4.19. The Balaban J connectivity index is 1.91. The Morgan fingerprint density at radius 1 is 1.09 bits per heavy atom. The van der Waals surface area contributed by atoms with E-state index in [0.717, 1.165) is 11.3 Å². The third-order valence-corrected chi connectivity index (χ3v) is 5.77. The predicted molar refractivity (Wildman–Crippen MR) is 132 cm³/mol. The number of nitrogens with one attached hydrogen (secondary N) is 1. The van der Waals surface area contributed by atoms with Crippen LogP contribution >= 0.6 is 0 Å². The minimum atomic E-state index is -0.719. The Kier molecular flexibility index (Phi) is 6.91. The van der Waals surface area contributed by atoms with Crippen molar-refractivity contribution in [2.24, 2.45) is 0 Å². The van der Waals surface area contributed by atoms with Gasteiger partial charge in [0, 0.05) is 23.7 Å². The van der Waals surface area contributed by atoms with Crippen molar-refractivity contribution in [3.8, 4) is 28.4 Å². The number of esters is 1. The molecule has 0 saturated carbocycles. The number of methoxy groups -OCH3 is 2. The van der Waals surface area contributed by atoms with Gasteiger partial charge in [-0.15, -0.1) is 0 Å². The third-order valence-electron chi connectivity index (χ3n) is 5.77. The molecule has 1 unspecified atom stereocenters. The summed E-state index contributed by atoms with van der Waals surface area (Å²) in [5.41, 5.74) is 3.97. The largest absolute Gasteiger partial charge is 0.493 e. The van der Waals surface area contributed by atoms with Gasteiger partial charge in [0.15, 0.2) is 11.5 Å². The molecule has 0 saturated heterocycles. The van der Waals surface area contributed by atoms with Gasteiger partial charge in [0.05, 0.1) is 43.3 Å². The lowest BCUT2D eigenvalue weighted by molar-refractivity contribution is -0.143. The molecular formula is C27H29N3O5. The van der Waals surface area contributed by atoms with Crippen molar-refractivity contribution in [3.63, 3.8) is 0 Å². The Morgan fingerprint density at radius 3 is 2.46 bits per heavy atom. The molecule has 4 rings (SSSR count). The number of para-hydroxylation sites is 1. The van der Waals surface area contributed by atoms with Gasteiger partial charge in [-0.25, -0.2) is 9.48 Å². The molecule has 1 N–H and O–H groups in total. The van der Waals surface area contributed by atoms with Gasteiger partial charge in [-0.3, -0.25) is 4.79 Å². The first-order valence-corrected chi connectivity index (χ1v) is 11.4. The molecule has 1 aliphatic heterocycles. The van der Waals surface area contributed by atoms with Crippen molar-refractivity contribution in [2.45, 2.75) is 39.3 Å². The van der Waals surface area contributed by atoms with E-state index in [9.17, 15) is 9.59 Å². The molecule has 1 atom stereocenters. The van der Waals surface area contributed by atoms with Crippen LogP contribution in [0, 0.1) is 0 Å². The molecule has 35 heavy (non-hydrogen) atoms. The molecule has 0 fully saturated rings. The lowest BCUT2D eigenvalue weighted by atomic mass is 9.89. The number of hydrogen-bond donors (Lipinski definition) is 1. The SMILES string of the molecule is COc1ccc(-c2nn(-c3ccccc3)cc2C2NC(=O)CC(C)=C2C(=O)OC(C)C)cc1OC. The minimum Gasteiger partial charge on any atom is -0.493 e. The van der Waals surface area contributed by atoms with Crippen molar-refractivity contribution >= 4 is 11.9 Å². The van der Waals surface area contributed by atoms with Crippen molar-refractivity contribution in [3.05, 3.63) is 71.4 Å². The monoisotopic (exact) mass is 475 g/mol. The van der Waals surface area contributed by atoms with Crippen molar-refractivity contribution in [2.75, 3.05) is 14.2 Å². The molecule has 8 nitrogen and oxygen atoms in total. The van der Waals surface area contributed by atoms with Crippen LogP contribution in [-0.2, 0) is 14.3 Å². The molecule has 2 heterocycles. The summed E-state index contributed by atoms with van der Waals surface area (Å²) in [6, 6.07) is 14.4. The first kappa shape index (κ1) is 24.1. The number of rotatable bonds is 7. The van der Waals surface area contributed by atoms with Crippen LogP contribution in [0.25, 0.3) is 16.9 Å². The van der Waals surface area contributed by atoms with Gasteiger partial charge in [0.2, 0.25) is 5.91 Å². The molecule has 2 aromatic carbocycles. The summed E-state index contributed by atoms with van der Waals surface area (Å²) < 4.78 is 18.2. The molecule has 3 aromatic rings. The fraction of sp³-hybridized carbons (Fsp3) is 0.296. The maximum Gasteiger partial charge on any atom is 0.336 e. The van der Waals surface area contributed by atoms with Crippen LogP contribution in [0.15, 0.2) is 65.9 Å². The van der Waals surface area contributed by atoms with Crippen LogP contribution in [0.5, 0.6) is 11.5 Å². The summed E-state index contributed by atoms with van der Waals surface area (Å²) in [6.07, 6.45) is 1.68. The van der Waals surface area contributed by atoms with Crippen LogP contribution in [0.3, 0.4) is 0 Å². The number of ether oxygens (including phenoxy) is 3. The Labute approximate surface area is 204 Å². The average Bonchev–Trinajstić information content (AvgIpc) is 3.28. The lowest BCUT2D eigenvalue weighted by Gasteiger charge is -2.28. The third kappa shape index (κ3) is 4.91. The molecule has 1 aliphatic rings. The van der Waals surface area contributed by atoms with Gasteiger partial charge in [-0.1, -0.05) is 23.8 Å². The van der Waals surface area contributed by atoms with E-state index in [2.05, 4.69) is 5.32 Å². The molecular weight excluding hydrogens is 446 g/mol. The maximum absolute atomic E-state index is 13.1. The second-order valence-electron chi connectivity index (χ2n) is 8.61. The van der Waals surface area contributed by atoms with E-state index in [4.69, 9.17) is 19.3 Å². The summed E-state index contributed by atoms with van der Waals surface area (Å²) >= 11 is 0. The van der Waals surface area contributed by atoms with Gasteiger partial charge in [0.1, 0.15) is 0 Å². The zero-order valence-electron chi connectivity index (χ0n) is 20.5. The highest BCUT2D eigenvalue weighted by Gasteiger charge is 2.35. The molecule has 0 spiro atoms. The normalized spacial score (nSPS) is 15.7. The zero-order valence-corrected chi connectivity index (χ0v) is 20.5. The van der Waals surface area contributed by atoms with Crippen molar-refractivity contribution < 1.29 is 23.8 Å². The highest BCUT2D eigenvalue weighted by Crippen LogP contribution is 2.39. The smallest absolute Gasteiger partial charge is 0.336 e. The minimum absolute atomic E-state index is 0.136. The van der Waals surface area contributed by atoms with Crippen LogP contribution in [0.1, 0.15) is 38.8 Å². The van der Waals surface area contributed by atoms with E-state index >= 15 is 0 Å². The quantitative estimate of drug-likeness (QED) is 0.510. The number of aromatic nitrogens is 2. The molecule has 8 heteroatoms. The van der Waals surface area contributed by atoms with E-state index < -0.39 is 12.0 Å². The first-order valence-electron chi connectivity index (χ1n) is 11.4. The Morgan fingerprint density at radius 2 is 1.80 bits per heavy atom. The van der Waals surface area contributed by atoms with E-state index in [1.807, 2.05) is 48.7 Å². The second kappa shape index (κ2) is 10.0. The number of nitrogens with zero attached hydrogens (tertiary/aromatic N) is 2. The highest BCUT2D eigenvalue weighted by molar-refractivity contribution is 5.96. The van der Waals surface area contributed by atoms with Gasteiger partial charge < -0.3 is 19.5 Å². The van der Waals surface area contributed by atoms with Crippen molar-refractivity contribution in [1.82, 2.24) is 15.1 Å². The average molecular weight is 476 g/mol. The second-order valence-corrected chi connectivity index (χ2v) is 8.61. The standard InChI is InChI=1S/C27H29N3O5/c1-16(2)35-27(32)24-17(3)13-23(31)28-26(24)20-15-30(19-9-7-6-8-10-19)29-25(20)18-11-12-21(33-4)22(14-18)34-5/h6-12,14-16,26H,13H2,1-5H3,(H,28,31). The number of hydrogen-bond acceptors (Lipinski definition) is 6. The van der Waals surface area contributed by atoms with Gasteiger partial charge in [-0.05, 0) is 51.1 Å². The predicted octanol–water partition coefficient (Wildman–Crippen LogP) is 4.39. The number of carbonyl (C=O) groups is 2. The first-order chi connectivity index (χ1) is 16.8. The van der Waals surface area contributed by atoms with Gasteiger partial charge in [-0.2, -0.15) is 5.10 Å². The summed E-state index contributed by atoms with van der Waals surface area (Å²) in [6.45, 7) is 5.39. The van der Waals surface area contributed by atoms with E-state index in [1.165, 1.54) is 0 Å². The highest BCUT2D eigenvalue weighted by atomic mass is 16.5. The van der Waals surface area contributed by atoms with Crippen molar-refractivity contribution in [1.29, 1.82) is 0 Å². The van der Waals surface area contributed by atoms with Crippen LogP contribution in [-0.4, -0.2) is 42.0 Å². The van der Waals surface area contributed by atoms with E-state index in [1.54, 1.807) is 45.7 Å². The molecule has 182 valence electrons. The van der Waals surface area contributed by atoms with Gasteiger partial charge >= 0.3 is 5.97 Å². The lowest BCUT2D eigenvalue weighted by Crippen LogP contribution is -2.37. The van der Waals surface area contributed by atoms with Crippen LogP contribution < -0.4 is 14.8 Å². The maximum atomic E-state index is 13.1. The molecule has 1 amide bonds. The summed E-state index contributed by atoms with van der Waals surface area (Å²) in [4.78, 5) is 25.7. The number of benzene rings is 2. The number of amides is 1. The van der Waals surface area contributed by atoms with Gasteiger partial charge in [0.25, 0.3) is 0 Å². The Bertz CT molecular complexity index is 1280.